The van der Waals surface area contributed by atoms with Gasteiger partial charge in [0.25, 0.3) is 0 Å². The van der Waals surface area contributed by atoms with E-state index in [1.54, 1.807) is 55.0 Å². The SMILES string of the molecule is COc1ccc(-n2cc(-c3ccc4c(c3)-c3cc(-c5cn(-c6ccc(OC)cc6)nn5)ccc3C4)nn2)cc1.COc1ccc(N=[N+]=[N-])cc1. The summed E-state index contributed by atoms with van der Waals surface area (Å²) in [6.07, 6.45) is 4.81. The highest BCUT2D eigenvalue weighted by molar-refractivity contribution is 5.83. The maximum absolute atomic E-state index is 8.07. The van der Waals surface area contributed by atoms with Gasteiger partial charge in [-0.1, -0.05) is 39.8 Å². The fourth-order valence-corrected chi connectivity index (χ4v) is 5.70. The van der Waals surface area contributed by atoms with Crippen LogP contribution in [0.1, 0.15) is 11.1 Å². The van der Waals surface area contributed by atoms with E-state index in [2.05, 4.69) is 67.0 Å². The maximum atomic E-state index is 8.07. The molecular weight excluding hydrogens is 630 g/mol. The first-order valence-corrected chi connectivity index (χ1v) is 15.6. The van der Waals surface area contributed by atoms with Crippen LogP contribution in [0, 0.1) is 0 Å². The van der Waals surface area contributed by atoms with Crippen molar-refractivity contribution < 1.29 is 14.2 Å². The molecule has 0 spiro atoms. The summed E-state index contributed by atoms with van der Waals surface area (Å²) in [5.74, 6) is 2.36. The predicted octanol–water partition coefficient (Wildman–Crippen LogP) is 8.41. The zero-order valence-corrected chi connectivity index (χ0v) is 27.5. The highest BCUT2D eigenvalue weighted by Gasteiger charge is 2.21. The summed E-state index contributed by atoms with van der Waals surface area (Å²) in [6, 6.07) is 35.4. The van der Waals surface area contributed by atoms with Gasteiger partial charge in [0.1, 0.15) is 28.6 Å². The first kappa shape index (κ1) is 31.7. The van der Waals surface area contributed by atoms with Crippen molar-refractivity contribution in [3.63, 3.8) is 0 Å². The largest absolute Gasteiger partial charge is 0.497 e. The molecule has 5 aromatic carbocycles. The smallest absolute Gasteiger partial charge is 0.119 e. The minimum atomic E-state index is 0.591. The second-order valence-electron chi connectivity index (χ2n) is 11.3. The highest BCUT2D eigenvalue weighted by atomic mass is 16.5. The van der Waals surface area contributed by atoms with E-state index >= 15 is 0 Å². The Morgan fingerprint density at radius 2 is 1.00 bits per heavy atom. The predicted molar refractivity (Wildman–Crippen MR) is 190 cm³/mol. The van der Waals surface area contributed by atoms with Gasteiger partial charge in [-0.25, -0.2) is 9.36 Å². The molecule has 1 aliphatic rings. The van der Waals surface area contributed by atoms with Crippen molar-refractivity contribution in [3.05, 3.63) is 143 Å². The van der Waals surface area contributed by atoms with Gasteiger partial charge in [0.15, 0.2) is 0 Å². The number of hydrogen-bond acceptors (Lipinski definition) is 8. The summed E-state index contributed by atoms with van der Waals surface area (Å²) in [7, 11) is 4.90. The van der Waals surface area contributed by atoms with Gasteiger partial charge in [-0.3, -0.25) is 0 Å². The number of hydrogen-bond donors (Lipinski definition) is 0. The first-order valence-electron chi connectivity index (χ1n) is 15.6. The third-order valence-corrected chi connectivity index (χ3v) is 8.38. The molecule has 12 heteroatoms. The Hall–Kier alpha value is -6.91. The molecule has 246 valence electrons. The van der Waals surface area contributed by atoms with Crippen LogP contribution in [-0.4, -0.2) is 51.3 Å². The number of azide groups is 1. The molecule has 50 heavy (non-hydrogen) atoms. The molecule has 0 saturated carbocycles. The van der Waals surface area contributed by atoms with Crippen molar-refractivity contribution in [2.45, 2.75) is 6.42 Å². The van der Waals surface area contributed by atoms with Gasteiger partial charge < -0.3 is 14.2 Å². The van der Waals surface area contributed by atoms with Gasteiger partial charge in [0, 0.05) is 21.7 Å². The number of rotatable bonds is 8. The second kappa shape index (κ2) is 14.1. The molecule has 2 aromatic heterocycles. The normalized spacial score (nSPS) is 11.0. The van der Waals surface area contributed by atoms with Crippen LogP contribution in [0.2, 0.25) is 0 Å². The number of ether oxygens (including phenoxy) is 3. The summed E-state index contributed by atoms with van der Waals surface area (Å²) in [6.45, 7) is 0. The van der Waals surface area contributed by atoms with Gasteiger partial charge in [-0.05, 0) is 119 Å². The van der Waals surface area contributed by atoms with Crippen LogP contribution in [0.4, 0.5) is 5.69 Å². The number of fused-ring (bicyclic) bond motifs is 3. The van der Waals surface area contributed by atoms with Crippen LogP contribution in [0.25, 0.3) is 55.5 Å². The van der Waals surface area contributed by atoms with E-state index in [1.165, 1.54) is 22.3 Å². The van der Waals surface area contributed by atoms with E-state index in [1.807, 2.05) is 60.9 Å². The van der Waals surface area contributed by atoms with Crippen molar-refractivity contribution in [2.75, 3.05) is 21.3 Å². The number of nitrogens with zero attached hydrogens (tertiary/aromatic N) is 9. The molecule has 2 heterocycles. The van der Waals surface area contributed by atoms with Crippen molar-refractivity contribution in [2.24, 2.45) is 5.11 Å². The van der Waals surface area contributed by atoms with Crippen LogP contribution in [0.3, 0.4) is 0 Å². The fourth-order valence-electron chi connectivity index (χ4n) is 5.70. The molecule has 0 radical (unpaired) electrons. The van der Waals surface area contributed by atoms with Crippen LogP contribution in [-0.2, 0) is 6.42 Å². The molecule has 0 aliphatic heterocycles. The molecule has 0 N–H and O–H groups in total. The summed E-state index contributed by atoms with van der Waals surface area (Å²) in [4.78, 5) is 2.65. The lowest BCUT2D eigenvalue weighted by Gasteiger charge is -2.05. The average Bonchev–Trinajstić information content (AvgIpc) is 3.95. The Balaban J connectivity index is 0.000000306. The molecule has 0 saturated heterocycles. The van der Waals surface area contributed by atoms with Gasteiger partial charge in [0.05, 0.1) is 45.1 Å². The van der Waals surface area contributed by atoms with Crippen LogP contribution >= 0.6 is 0 Å². The molecule has 7 aromatic rings. The third kappa shape index (κ3) is 6.59. The third-order valence-electron chi connectivity index (χ3n) is 8.38. The lowest BCUT2D eigenvalue weighted by atomic mass is 9.99. The Labute approximate surface area is 287 Å². The standard InChI is InChI=1S/C31H24N6O2.C7H7N3O/c1-38-26-11-7-24(8-12-26)36-18-30(32-34-36)22-5-3-20-15-21-4-6-23(17-29(21)28(20)16-22)31-19-37(35-33-31)25-9-13-27(39-2)14-10-25;1-11-7-4-2-6(3-5-7)9-10-8/h3-14,16-19H,15H2,1-2H3;2-5H,1H3. The van der Waals surface area contributed by atoms with Gasteiger partial charge >= 0.3 is 0 Å². The molecule has 1 aliphatic carbocycles. The molecule has 0 bridgehead atoms. The number of benzene rings is 5. The molecule has 0 amide bonds. The molecule has 0 fully saturated rings. The van der Waals surface area contributed by atoms with E-state index in [0.717, 1.165) is 57.6 Å². The lowest BCUT2D eigenvalue weighted by Crippen LogP contribution is -1.94. The monoisotopic (exact) mass is 661 g/mol. The van der Waals surface area contributed by atoms with E-state index in [9.17, 15) is 0 Å². The van der Waals surface area contributed by atoms with Gasteiger partial charge in [0.2, 0.25) is 0 Å². The zero-order chi connectivity index (χ0) is 34.5. The summed E-state index contributed by atoms with van der Waals surface area (Å²) < 4.78 is 19.0. The summed E-state index contributed by atoms with van der Waals surface area (Å²) in [5.41, 5.74) is 19.2. The quantitative estimate of drug-likeness (QED) is 0.0905. The molecule has 12 nitrogen and oxygen atoms in total. The van der Waals surface area contributed by atoms with Crippen molar-refractivity contribution in [1.82, 2.24) is 30.0 Å². The van der Waals surface area contributed by atoms with Crippen molar-refractivity contribution >= 4 is 5.69 Å². The van der Waals surface area contributed by atoms with E-state index < -0.39 is 0 Å². The summed E-state index contributed by atoms with van der Waals surface area (Å²) in [5, 5.41) is 21.0. The number of aromatic nitrogens is 6. The molecule has 0 atom stereocenters. The van der Waals surface area contributed by atoms with Crippen molar-refractivity contribution in [3.8, 4) is 62.3 Å². The van der Waals surface area contributed by atoms with E-state index in [-0.39, 0.29) is 0 Å². The van der Waals surface area contributed by atoms with Crippen LogP contribution in [0.5, 0.6) is 17.2 Å². The maximum Gasteiger partial charge on any atom is 0.119 e. The van der Waals surface area contributed by atoms with Gasteiger partial charge in [-0.2, -0.15) is 0 Å². The van der Waals surface area contributed by atoms with Gasteiger partial charge in [-0.15, -0.1) is 10.2 Å². The molecular formula is C38H31N9O3. The Kier molecular flexibility index (Phi) is 8.91. The zero-order valence-electron chi connectivity index (χ0n) is 27.5. The average molecular weight is 662 g/mol. The van der Waals surface area contributed by atoms with Crippen molar-refractivity contribution in [1.29, 1.82) is 0 Å². The lowest BCUT2D eigenvalue weighted by molar-refractivity contribution is 0.414. The first-order chi connectivity index (χ1) is 24.5. The summed E-state index contributed by atoms with van der Waals surface area (Å²) >= 11 is 0. The number of methoxy groups -OCH3 is 3. The minimum Gasteiger partial charge on any atom is -0.497 e. The molecule has 0 unspecified atom stereocenters. The molecule has 8 rings (SSSR count). The fraction of sp³-hybridized carbons (Fsp3) is 0.105. The van der Waals surface area contributed by atoms with Crippen LogP contribution in [0.15, 0.2) is 127 Å². The topological polar surface area (TPSA) is 138 Å². The highest BCUT2D eigenvalue weighted by Crippen LogP contribution is 2.40. The van der Waals surface area contributed by atoms with Crippen LogP contribution < -0.4 is 14.2 Å². The van der Waals surface area contributed by atoms with E-state index in [4.69, 9.17) is 19.7 Å². The minimum absolute atomic E-state index is 0.591. The Morgan fingerprint density at radius 1 is 0.580 bits per heavy atom. The Bertz CT molecular complexity index is 2170. The van der Waals surface area contributed by atoms with E-state index in [0.29, 0.717) is 5.69 Å². The Morgan fingerprint density at radius 3 is 1.40 bits per heavy atom. The second-order valence-corrected chi connectivity index (χ2v) is 11.3.